The van der Waals surface area contributed by atoms with E-state index < -0.39 is 9.84 Å². The molecule has 2 atom stereocenters. The van der Waals surface area contributed by atoms with Gasteiger partial charge in [-0.05, 0) is 18.8 Å². The number of likely N-dealkylation sites (tertiary alicyclic amines) is 1. The molecule has 3 fully saturated rings. The number of carbonyl (C=O) groups is 1. The standard InChI is InChI=1S/C16H28N2O4S/c1-13-10-18(11-15(13)17-6-8-22-9-7-17)16(19)12-23(20,21)14-4-2-3-5-14/h13-15H,2-12H2,1H3/t13-,15+/m0/s1. The van der Waals surface area contributed by atoms with Crippen molar-refractivity contribution < 1.29 is 17.9 Å². The minimum Gasteiger partial charge on any atom is -0.379 e. The maximum absolute atomic E-state index is 12.5. The molecule has 3 aliphatic rings. The molecule has 0 aromatic heterocycles. The van der Waals surface area contributed by atoms with Crippen molar-refractivity contribution >= 4 is 15.7 Å². The van der Waals surface area contributed by atoms with Crippen molar-refractivity contribution in [1.82, 2.24) is 9.80 Å². The Labute approximate surface area is 139 Å². The van der Waals surface area contributed by atoms with Crippen LogP contribution in [-0.4, -0.2) is 80.6 Å². The first kappa shape index (κ1) is 17.2. The lowest BCUT2D eigenvalue weighted by atomic mass is 10.0. The van der Waals surface area contributed by atoms with Crippen molar-refractivity contribution in [3.63, 3.8) is 0 Å². The lowest BCUT2D eigenvalue weighted by molar-refractivity contribution is -0.127. The second-order valence-electron chi connectivity index (χ2n) is 7.21. The molecule has 1 aliphatic carbocycles. The Hall–Kier alpha value is -0.660. The molecule has 0 aromatic carbocycles. The Kier molecular flexibility index (Phi) is 5.28. The maximum atomic E-state index is 12.5. The zero-order valence-corrected chi connectivity index (χ0v) is 14.8. The smallest absolute Gasteiger partial charge is 0.237 e. The van der Waals surface area contributed by atoms with Gasteiger partial charge in [0.15, 0.2) is 9.84 Å². The van der Waals surface area contributed by atoms with Gasteiger partial charge in [-0.3, -0.25) is 9.69 Å². The number of ether oxygens (including phenoxy) is 1. The number of nitrogens with zero attached hydrogens (tertiary/aromatic N) is 2. The van der Waals surface area contributed by atoms with Crippen LogP contribution in [-0.2, 0) is 19.4 Å². The van der Waals surface area contributed by atoms with Gasteiger partial charge in [0.1, 0.15) is 5.75 Å². The fourth-order valence-corrected chi connectivity index (χ4v) is 5.98. The van der Waals surface area contributed by atoms with Gasteiger partial charge in [0, 0.05) is 32.2 Å². The Bertz CT molecular complexity index is 524. The van der Waals surface area contributed by atoms with Crippen LogP contribution in [0.5, 0.6) is 0 Å². The molecule has 23 heavy (non-hydrogen) atoms. The Morgan fingerprint density at radius 2 is 1.78 bits per heavy atom. The lowest BCUT2D eigenvalue weighted by Crippen LogP contribution is -2.47. The molecule has 1 amide bonds. The number of sulfone groups is 1. The minimum absolute atomic E-state index is 0.209. The first-order valence-corrected chi connectivity index (χ1v) is 10.5. The van der Waals surface area contributed by atoms with Gasteiger partial charge >= 0.3 is 0 Å². The number of amides is 1. The van der Waals surface area contributed by atoms with Crippen LogP contribution in [0.1, 0.15) is 32.6 Å². The van der Waals surface area contributed by atoms with Crippen molar-refractivity contribution in [1.29, 1.82) is 0 Å². The summed E-state index contributed by atoms with van der Waals surface area (Å²) in [5.41, 5.74) is 0. The average molecular weight is 344 g/mol. The summed E-state index contributed by atoms with van der Waals surface area (Å²) in [6.45, 7) is 6.76. The highest BCUT2D eigenvalue weighted by Gasteiger charge is 2.39. The fraction of sp³-hybridized carbons (Fsp3) is 0.938. The molecular weight excluding hydrogens is 316 g/mol. The van der Waals surface area contributed by atoms with Gasteiger partial charge in [-0.1, -0.05) is 19.8 Å². The van der Waals surface area contributed by atoms with E-state index in [4.69, 9.17) is 4.74 Å². The third kappa shape index (κ3) is 3.88. The SMILES string of the molecule is C[C@H]1CN(C(=O)CS(=O)(=O)C2CCCC2)C[C@H]1N1CCOCC1. The Morgan fingerprint density at radius 3 is 2.43 bits per heavy atom. The molecule has 0 spiro atoms. The largest absolute Gasteiger partial charge is 0.379 e. The van der Waals surface area contributed by atoms with Crippen LogP contribution in [0.2, 0.25) is 0 Å². The maximum Gasteiger partial charge on any atom is 0.237 e. The van der Waals surface area contributed by atoms with Gasteiger partial charge in [0.25, 0.3) is 0 Å². The summed E-state index contributed by atoms with van der Waals surface area (Å²) in [7, 11) is -3.28. The van der Waals surface area contributed by atoms with E-state index in [0.717, 1.165) is 52.0 Å². The second-order valence-corrected chi connectivity index (χ2v) is 9.49. The molecule has 0 bridgehead atoms. The van der Waals surface area contributed by atoms with Crippen LogP contribution >= 0.6 is 0 Å². The average Bonchev–Trinajstić information content (AvgIpc) is 3.17. The van der Waals surface area contributed by atoms with E-state index in [1.165, 1.54) is 0 Å². The minimum atomic E-state index is -3.28. The zero-order chi connectivity index (χ0) is 16.4. The number of carbonyl (C=O) groups excluding carboxylic acids is 1. The van der Waals surface area contributed by atoms with Gasteiger partial charge in [-0.2, -0.15) is 0 Å². The van der Waals surface area contributed by atoms with Crippen molar-refractivity contribution in [3.05, 3.63) is 0 Å². The molecule has 1 saturated carbocycles. The van der Waals surface area contributed by atoms with E-state index in [-0.39, 0.29) is 16.9 Å². The molecule has 0 radical (unpaired) electrons. The summed E-state index contributed by atoms with van der Waals surface area (Å²) in [4.78, 5) is 16.6. The summed E-state index contributed by atoms with van der Waals surface area (Å²) in [6, 6.07) is 0.331. The molecule has 0 N–H and O–H groups in total. The third-order valence-corrected chi connectivity index (χ3v) is 7.71. The number of morpholine rings is 1. The first-order chi connectivity index (χ1) is 11.0. The Balaban J connectivity index is 1.58. The topological polar surface area (TPSA) is 66.9 Å². The van der Waals surface area contributed by atoms with Crippen molar-refractivity contribution in [2.45, 2.75) is 43.9 Å². The fourth-order valence-electron chi connectivity index (χ4n) is 4.17. The second kappa shape index (κ2) is 7.07. The van der Waals surface area contributed by atoms with Crippen LogP contribution in [0.15, 0.2) is 0 Å². The van der Waals surface area contributed by atoms with E-state index >= 15 is 0 Å². The van der Waals surface area contributed by atoms with E-state index in [2.05, 4.69) is 11.8 Å². The monoisotopic (exact) mass is 344 g/mol. The van der Waals surface area contributed by atoms with E-state index in [0.29, 0.717) is 25.0 Å². The molecule has 0 unspecified atom stereocenters. The predicted octanol–water partition coefficient (Wildman–Crippen LogP) is 0.523. The van der Waals surface area contributed by atoms with Crippen LogP contribution in [0.4, 0.5) is 0 Å². The van der Waals surface area contributed by atoms with Gasteiger partial charge in [0.05, 0.1) is 18.5 Å². The predicted molar refractivity (Wildman–Crippen MR) is 88.0 cm³/mol. The molecule has 6 nitrogen and oxygen atoms in total. The van der Waals surface area contributed by atoms with Crippen LogP contribution in [0.3, 0.4) is 0 Å². The van der Waals surface area contributed by atoms with Crippen molar-refractivity contribution in [3.8, 4) is 0 Å². The van der Waals surface area contributed by atoms with Gasteiger partial charge < -0.3 is 9.64 Å². The summed E-state index contributed by atoms with van der Waals surface area (Å²) >= 11 is 0. The number of rotatable bonds is 4. The lowest BCUT2D eigenvalue weighted by Gasteiger charge is -2.34. The molecule has 7 heteroatoms. The van der Waals surface area contributed by atoms with Gasteiger partial charge in [-0.25, -0.2) is 8.42 Å². The molecule has 132 valence electrons. The highest BCUT2D eigenvalue weighted by Crippen LogP contribution is 2.27. The van der Waals surface area contributed by atoms with Crippen molar-refractivity contribution in [2.75, 3.05) is 45.1 Å². The summed E-state index contributed by atoms with van der Waals surface area (Å²) in [6.07, 6.45) is 3.39. The van der Waals surface area contributed by atoms with Crippen LogP contribution in [0, 0.1) is 5.92 Å². The Morgan fingerprint density at radius 1 is 1.13 bits per heavy atom. The molecule has 2 heterocycles. The van der Waals surface area contributed by atoms with Gasteiger partial charge in [-0.15, -0.1) is 0 Å². The normalized spacial score (nSPS) is 30.9. The van der Waals surface area contributed by atoms with Gasteiger partial charge in [0.2, 0.25) is 5.91 Å². The van der Waals surface area contributed by atoms with E-state index in [9.17, 15) is 13.2 Å². The van der Waals surface area contributed by atoms with Crippen molar-refractivity contribution in [2.24, 2.45) is 5.92 Å². The highest BCUT2D eigenvalue weighted by molar-refractivity contribution is 7.92. The summed E-state index contributed by atoms with van der Waals surface area (Å²) in [5, 5.41) is -0.290. The van der Waals surface area contributed by atoms with Crippen LogP contribution in [0.25, 0.3) is 0 Å². The first-order valence-electron chi connectivity index (χ1n) is 8.78. The van der Waals surface area contributed by atoms with E-state index in [1.54, 1.807) is 4.90 Å². The number of hydrogen-bond acceptors (Lipinski definition) is 5. The number of hydrogen-bond donors (Lipinski definition) is 0. The summed E-state index contributed by atoms with van der Waals surface area (Å²) in [5.74, 6) is -0.133. The molecule has 3 rings (SSSR count). The molecule has 2 aliphatic heterocycles. The third-order valence-electron chi connectivity index (χ3n) is 5.57. The van der Waals surface area contributed by atoms with E-state index in [1.807, 2.05) is 0 Å². The molecular formula is C16H28N2O4S. The molecule has 2 saturated heterocycles. The highest BCUT2D eigenvalue weighted by atomic mass is 32.2. The molecule has 0 aromatic rings. The zero-order valence-electron chi connectivity index (χ0n) is 13.9. The summed E-state index contributed by atoms with van der Waals surface area (Å²) < 4.78 is 30.2. The van der Waals surface area contributed by atoms with Crippen LogP contribution < -0.4 is 0 Å². The quantitative estimate of drug-likeness (QED) is 0.744.